The van der Waals surface area contributed by atoms with Gasteiger partial charge in [-0.2, -0.15) is 9.65 Å². The highest BCUT2D eigenvalue weighted by Crippen LogP contribution is 2.45. The van der Waals surface area contributed by atoms with E-state index in [1.165, 1.54) is 12.4 Å². The molecule has 2 fully saturated rings. The van der Waals surface area contributed by atoms with Gasteiger partial charge in [-0.1, -0.05) is 0 Å². The monoisotopic (exact) mass is 455 g/mol. The van der Waals surface area contributed by atoms with Gasteiger partial charge in [0.05, 0.1) is 30.0 Å². The minimum absolute atomic E-state index is 0.186. The quantitative estimate of drug-likeness (QED) is 0.406. The first-order valence-corrected chi connectivity index (χ1v) is 11.7. The van der Waals surface area contributed by atoms with Crippen molar-refractivity contribution in [1.29, 1.82) is 5.26 Å². The highest BCUT2D eigenvalue weighted by molar-refractivity contribution is 5.67. The largest absolute Gasteiger partial charge is 0.383 e. The number of rotatable bonds is 10. The molecule has 0 radical (unpaired) electrons. The predicted octanol–water partition coefficient (Wildman–Crippen LogP) is 4.47. The van der Waals surface area contributed by atoms with Crippen molar-refractivity contribution in [1.82, 2.24) is 15.3 Å². The van der Waals surface area contributed by atoms with E-state index in [9.17, 15) is 14.0 Å². The first kappa shape index (κ1) is 23.5. The standard InChI is InChI=1S/C25H31F2N5O/c1-33-9-8-29-19-4-2-17(3-5-19)10-20-12-21(22(26)14-30-20)18-11-23(24(27)31-13-18)32-16-25(15-28)6-7-25/h11-14,17,19,29,32H,2-10,16H2,1H3. The van der Waals surface area contributed by atoms with E-state index in [0.717, 1.165) is 63.8 Å². The zero-order chi connectivity index (χ0) is 23.3. The second kappa shape index (κ2) is 10.5. The lowest BCUT2D eigenvalue weighted by Gasteiger charge is -2.29. The summed E-state index contributed by atoms with van der Waals surface area (Å²) in [5, 5.41) is 15.8. The van der Waals surface area contributed by atoms with Crippen LogP contribution in [0.1, 0.15) is 44.2 Å². The highest BCUT2D eigenvalue weighted by atomic mass is 19.1. The first-order valence-electron chi connectivity index (χ1n) is 11.7. The van der Waals surface area contributed by atoms with Crippen LogP contribution in [0.15, 0.2) is 24.5 Å². The molecule has 0 spiro atoms. The molecule has 2 aromatic rings. The van der Waals surface area contributed by atoms with E-state index in [1.54, 1.807) is 19.2 Å². The molecule has 0 aliphatic heterocycles. The smallest absolute Gasteiger partial charge is 0.236 e. The number of hydrogen-bond acceptors (Lipinski definition) is 6. The maximum Gasteiger partial charge on any atom is 0.236 e. The molecule has 33 heavy (non-hydrogen) atoms. The SMILES string of the molecule is COCCNC1CCC(Cc2cc(-c3cnc(F)c(NCC4(C#N)CC4)c3)c(F)cn2)CC1. The summed E-state index contributed by atoms with van der Waals surface area (Å²) >= 11 is 0. The molecule has 2 aliphatic rings. The summed E-state index contributed by atoms with van der Waals surface area (Å²) in [5.74, 6) is -0.599. The van der Waals surface area contributed by atoms with Gasteiger partial charge in [0.1, 0.15) is 5.82 Å². The fourth-order valence-electron chi connectivity index (χ4n) is 4.51. The Morgan fingerprint density at radius 3 is 2.64 bits per heavy atom. The molecule has 2 aromatic heterocycles. The third kappa shape index (κ3) is 6.04. The van der Waals surface area contributed by atoms with Crippen molar-refractivity contribution in [2.75, 3.05) is 32.1 Å². The summed E-state index contributed by atoms with van der Waals surface area (Å²) < 4.78 is 34.0. The van der Waals surface area contributed by atoms with Crippen LogP contribution >= 0.6 is 0 Å². The molecule has 2 saturated carbocycles. The number of methoxy groups -OCH3 is 1. The van der Waals surface area contributed by atoms with Gasteiger partial charge in [0, 0.05) is 49.3 Å². The van der Waals surface area contributed by atoms with Crippen molar-refractivity contribution in [3.05, 3.63) is 42.0 Å². The van der Waals surface area contributed by atoms with Crippen molar-refractivity contribution >= 4 is 5.69 Å². The van der Waals surface area contributed by atoms with Crippen LogP contribution in [0.25, 0.3) is 11.1 Å². The normalized spacial score (nSPS) is 21.4. The maximum absolute atomic E-state index is 14.6. The van der Waals surface area contributed by atoms with Gasteiger partial charge in [-0.3, -0.25) is 4.98 Å². The van der Waals surface area contributed by atoms with Crippen LogP contribution in [0.3, 0.4) is 0 Å². The van der Waals surface area contributed by atoms with E-state index in [4.69, 9.17) is 4.74 Å². The van der Waals surface area contributed by atoms with E-state index in [0.29, 0.717) is 29.6 Å². The van der Waals surface area contributed by atoms with Crippen LogP contribution in [0.4, 0.5) is 14.5 Å². The first-order chi connectivity index (χ1) is 16.0. The fraction of sp³-hybridized carbons (Fsp3) is 0.560. The van der Waals surface area contributed by atoms with E-state index in [1.807, 2.05) is 0 Å². The molecule has 0 aromatic carbocycles. The van der Waals surface area contributed by atoms with Crippen molar-refractivity contribution < 1.29 is 13.5 Å². The highest BCUT2D eigenvalue weighted by Gasteiger charge is 2.43. The van der Waals surface area contributed by atoms with Crippen LogP contribution in [0.2, 0.25) is 0 Å². The van der Waals surface area contributed by atoms with Crippen LogP contribution < -0.4 is 10.6 Å². The summed E-state index contributed by atoms with van der Waals surface area (Å²) in [6, 6.07) is 6.13. The average molecular weight is 456 g/mol. The number of halogens is 2. The fourth-order valence-corrected chi connectivity index (χ4v) is 4.51. The summed E-state index contributed by atoms with van der Waals surface area (Å²) in [6.45, 7) is 1.95. The van der Waals surface area contributed by atoms with Gasteiger partial charge in [-0.25, -0.2) is 9.37 Å². The molecule has 176 valence electrons. The Morgan fingerprint density at radius 1 is 1.15 bits per heavy atom. The molecule has 0 atom stereocenters. The number of ether oxygens (including phenoxy) is 1. The molecule has 4 rings (SSSR count). The summed E-state index contributed by atoms with van der Waals surface area (Å²) in [6.07, 6.45) is 9.43. The molecular formula is C25H31F2N5O. The van der Waals surface area contributed by atoms with Gasteiger partial charge >= 0.3 is 0 Å². The number of anilines is 1. The van der Waals surface area contributed by atoms with E-state index in [-0.39, 0.29) is 5.69 Å². The Balaban J connectivity index is 1.40. The second-order valence-electron chi connectivity index (χ2n) is 9.33. The Bertz CT molecular complexity index is 997. The minimum Gasteiger partial charge on any atom is -0.383 e. The number of nitrogens with one attached hydrogen (secondary N) is 2. The molecule has 2 heterocycles. The Morgan fingerprint density at radius 2 is 1.94 bits per heavy atom. The predicted molar refractivity (Wildman–Crippen MR) is 122 cm³/mol. The topological polar surface area (TPSA) is 82.9 Å². The van der Waals surface area contributed by atoms with Gasteiger partial charge in [0.15, 0.2) is 0 Å². The van der Waals surface area contributed by atoms with Crippen LogP contribution in [0, 0.1) is 34.4 Å². The maximum atomic E-state index is 14.6. The lowest BCUT2D eigenvalue weighted by atomic mass is 9.83. The van der Waals surface area contributed by atoms with E-state index < -0.39 is 17.2 Å². The Kier molecular flexibility index (Phi) is 7.51. The van der Waals surface area contributed by atoms with Crippen molar-refractivity contribution in [2.24, 2.45) is 11.3 Å². The summed E-state index contributed by atoms with van der Waals surface area (Å²) in [4.78, 5) is 8.13. The Hall–Kier alpha value is -2.63. The third-order valence-corrected chi connectivity index (χ3v) is 6.85. The minimum atomic E-state index is -0.655. The summed E-state index contributed by atoms with van der Waals surface area (Å²) in [7, 11) is 1.71. The average Bonchev–Trinajstić information content (AvgIpc) is 3.62. The Labute approximate surface area is 193 Å². The zero-order valence-corrected chi connectivity index (χ0v) is 19.0. The van der Waals surface area contributed by atoms with Crippen LogP contribution in [-0.4, -0.2) is 42.8 Å². The zero-order valence-electron chi connectivity index (χ0n) is 19.0. The van der Waals surface area contributed by atoms with Gasteiger partial charge in [0.25, 0.3) is 0 Å². The lowest BCUT2D eigenvalue weighted by Crippen LogP contribution is -2.35. The van der Waals surface area contributed by atoms with E-state index in [2.05, 4.69) is 26.7 Å². The van der Waals surface area contributed by atoms with E-state index >= 15 is 0 Å². The second-order valence-corrected chi connectivity index (χ2v) is 9.33. The number of nitriles is 1. The van der Waals surface area contributed by atoms with Gasteiger partial charge in [-0.15, -0.1) is 0 Å². The lowest BCUT2D eigenvalue weighted by molar-refractivity contribution is 0.188. The molecule has 0 bridgehead atoms. The molecule has 2 N–H and O–H groups in total. The molecule has 0 unspecified atom stereocenters. The molecule has 8 heteroatoms. The van der Waals surface area contributed by atoms with Gasteiger partial charge in [0.2, 0.25) is 5.95 Å². The van der Waals surface area contributed by atoms with Crippen LogP contribution in [-0.2, 0) is 11.2 Å². The molecule has 6 nitrogen and oxygen atoms in total. The molecular weight excluding hydrogens is 424 g/mol. The number of aromatic nitrogens is 2. The van der Waals surface area contributed by atoms with Crippen molar-refractivity contribution in [3.63, 3.8) is 0 Å². The molecule has 2 aliphatic carbocycles. The number of nitrogens with zero attached hydrogens (tertiary/aromatic N) is 3. The van der Waals surface area contributed by atoms with Crippen molar-refractivity contribution in [3.8, 4) is 17.2 Å². The number of pyridine rings is 2. The molecule has 0 saturated heterocycles. The summed E-state index contributed by atoms with van der Waals surface area (Å²) in [5.41, 5.74) is 1.46. The molecule has 0 amide bonds. The van der Waals surface area contributed by atoms with Gasteiger partial charge in [-0.05, 0) is 63.0 Å². The third-order valence-electron chi connectivity index (χ3n) is 6.85. The number of hydrogen-bond donors (Lipinski definition) is 2. The van der Waals surface area contributed by atoms with Crippen LogP contribution in [0.5, 0.6) is 0 Å². The van der Waals surface area contributed by atoms with Gasteiger partial charge < -0.3 is 15.4 Å². The van der Waals surface area contributed by atoms with Crippen molar-refractivity contribution in [2.45, 2.75) is 51.0 Å².